The highest BCUT2D eigenvalue weighted by Gasteiger charge is 2.36. The van der Waals surface area contributed by atoms with E-state index in [1.165, 1.54) is 6.42 Å². The topological polar surface area (TPSA) is 64.7 Å². The molecule has 202 valence electrons. The molecule has 2 N–H and O–H groups in total. The second-order valence-corrected chi connectivity index (χ2v) is 11.7. The fourth-order valence-electron chi connectivity index (χ4n) is 5.91. The van der Waals surface area contributed by atoms with Crippen LogP contribution in [0.3, 0.4) is 0 Å². The van der Waals surface area contributed by atoms with Crippen LogP contribution in [0.5, 0.6) is 0 Å². The SMILES string of the molecule is CCC(CC)CC(C(=O)N1CCCCC1)[C@H]1CNCC[C@H](N(C)C(=O)c2ccc3cc(Br)ccc3c2)N1. The molecule has 2 amide bonds. The van der Waals surface area contributed by atoms with Crippen molar-refractivity contribution in [3.05, 3.63) is 46.4 Å². The van der Waals surface area contributed by atoms with Crippen LogP contribution in [-0.2, 0) is 4.79 Å². The molecule has 2 fully saturated rings. The van der Waals surface area contributed by atoms with Crippen molar-refractivity contribution in [3.8, 4) is 0 Å². The van der Waals surface area contributed by atoms with Crippen LogP contribution >= 0.6 is 15.9 Å². The Morgan fingerprint density at radius 2 is 1.76 bits per heavy atom. The number of likely N-dealkylation sites (tertiary alicyclic amines) is 1. The van der Waals surface area contributed by atoms with Crippen LogP contribution in [0.2, 0.25) is 0 Å². The number of fused-ring (bicyclic) bond motifs is 1. The molecule has 0 aliphatic carbocycles. The molecule has 2 aliphatic rings. The molecule has 2 aliphatic heterocycles. The number of amides is 2. The summed E-state index contributed by atoms with van der Waals surface area (Å²) >= 11 is 3.52. The number of hydrogen-bond donors (Lipinski definition) is 2. The van der Waals surface area contributed by atoms with E-state index in [0.29, 0.717) is 17.4 Å². The Kier molecular flexibility index (Phi) is 10.0. The molecule has 2 aromatic carbocycles. The Bertz CT molecular complexity index is 1070. The van der Waals surface area contributed by atoms with Crippen molar-refractivity contribution in [1.82, 2.24) is 20.4 Å². The summed E-state index contributed by atoms with van der Waals surface area (Å²) in [5.74, 6) is 0.737. The van der Waals surface area contributed by atoms with Gasteiger partial charge in [0.05, 0.1) is 12.1 Å². The minimum atomic E-state index is -0.133. The van der Waals surface area contributed by atoms with Crippen LogP contribution in [0.15, 0.2) is 40.9 Å². The number of nitrogens with one attached hydrogen (secondary N) is 2. The average Bonchev–Trinajstić information content (AvgIpc) is 3.19. The molecule has 1 unspecified atom stereocenters. The fourth-order valence-corrected chi connectivity index (χ4v) is 6.29. The third kappa shape index (κ3) is 6.92. The second kappa shape index (κ2) is 13.2. The predicted octanol–water partition coefficient (Wildman–Crippen LogP) is 5.41. The van der Waals surface area contributed by atoms with E-state index in [1.807, 2.05) is 42.3 Å². The zero-order valence-corrected chi connectivity index (χ0v) is 24.2. The lowest BCUT2D eigenvalue weighted by Gasteiger charge is -2.37. The van der Waals surface area contributed by atoms with Crippen LogP contribution in [0.25, 0.3) is 10.8 Å². The Hall–Kier alpha value is -1.96. The van der Waals surface area contributed by atoms with Crippen molar-refractivity contribution >= 4 is 38.5 Å². The molecule has 0 aromatic heterocycles. The maximum absolute atomic E-state index is 13.8. The summed E-state index contributed by atoms with van der Waals surface area (Å²) in [4.78, 5) is 31.3. The number of carbonyl (C=O) groups is 2. The smallest absolute Gasteiger partial charge is 0.254 e. The van der Waals surface area contributed by atoms with E-state index >= 15 is 0 Å². The molecule has 2 heterocycles. The van der Waals surface area contributed by atoms with E-state index < -0.39 is 0 Å². The molecular formula is C30H43BrN4O2. The normalized spacial score (nSPS) is 21.6. The van der Waals surface area contributed by atoms with Crippen molar-refractivity contribution in [1.29, 1.82) is 0 Å². The first-order valence-corrected chi connectivity index (χ1v) is 14.9. The maximum atomic E-state index is 13.8. The summed E-state index contributed by atoms with van der Waals surface area (Å²) in [6.07, 6.45) is 7.14. The Morgan fingerprint density at radius 3 is 2.49 bits per heavy atom. The summed E-state index contributed by atoms with van der Waals surface area (Å²) in [5, 5.41) is 9.49. The minimum Gasteiger partial charge on any atom is -0.342 e. The summed E-state index contributed by atoms with van der Waals surface area (Å²) in [5.41, 5.74) is 0.686. The molecule has 0 bridgehead atoms. The van der Waals surface area contributed by atoms with Gasteiger partial charge in [-0.05, 0) is 79.6 Å². The van der Waals surface area contributed by atoms with Gasteiger partial charge in [-0.3, -0.25) is 14.9 Å². The van der Waals surface area contributed by atoms with E-state index in [1.54, 1.807) is 0 Å². The first-order valence-electron chi connectivity index (χ1n) is 14.1. The summed E-state index contributed by atoms with van der Waals surface area (Å²) < 4.78 is 1.03. The van der Waals surface area contributed by atoms with Crippen molar-refractivity contribution in [2.75, 3.05) is 33.2 Å². The van der Waals surface area contributed by atoms with Gasteiger partial charge in [0.25, 0.3) is 5.91 Å². The van der Waals surface area contributed by atoms with Gasteiger partial charge in [-0.2, -0.15) is 0 Å². The van der Waals surface area contributed by atoms with Gasteiger partial charge in [0, 0.05) is 42.8 Å². The van der Waals surface area contributed by atoms with Gasteiger partial charge in [0.15, 0.2) is 0 Å². The number of hydrogen-bond acceptors (Lipinski definition) is 4. The summed E-state index contributed by atoms with van der Waals surface area (Å²) in [7, 11) is 1.89. The summed E-state index contributed by atoms with van der Waals surface area (Å²) in [6, 6.07) is 12.0. The standard InChI is InChI=1S/C30H43BrN4O2/c1-4-21(5-2)17-26(30(37)35-15-7-6-8-16-35)27-20-32-14-13-28(33-27)34(3)29(36)24-10-9-23-19-25(31)12-11-22(23)18-24/h9-12,18-19,21,26-28,32-33H,4-8,13-17,20H2,1-3H3/t26?,27-,28+/m1/s1. The third-order valence-electron chi connectivity index (χ3n) is 8.41. The molecule has 2 aromatic rings. The minimum absolute atomic E-state index is 0.00173. The first kappa shape index (κ1) is 28.1. The monoisotopic (exact) mass is 570 g/mol. The molecule has 3 atom stereocenters. The van der Waals surface area contributed by atoms with Crippen LogP contribution in [0.1, 0.15) is 69.2 Å². The van der Waals surface area contributed by atoms with Gasteiger partial charge < -0.3 is 15.1 Å². The van der Waals surface area contributed by atoms with Crippen LogP contribution in [0, 0.1) is 11.8 Å². The quantitative estimate of drug-likeness (QED) is 0.445. The number of carbonyl (C=O) groups excluding carboxylic acids is 2. The Balaban J connectivity index is 1.53. The lowest BCUT2D eigenvalue weighted by molar-refractivity contribution is -0.138. The van der Waals surface area contributed by atoms with E-state index in [0.717, 1.165) is 79.9 Å². The van der Waals surface area contributed by atoms with Gasteiger partial charge in [-0.1, -0.05) is 54.8 Å². The maximum Gasteiger partial charge on any atom is 0.254 e. The fraction of sp³-hybridized carbons (Fsp3) is 0.600. The van der Waals surface area contributed by atoms with E-state index in [4.69, 9.17) is 0 Å². The van der Waals surface area contributed by atoms with Gasteiger partial charge in [-0.15, -0.1) is 0 Å². The largest absolute Gasteiger partial charge is 0.342 e. The highest BCUT2D eigenvalue weighted by atomic mass is 79.9. The van der Waals surface area contributed by atoms with Crippen LogP contribution < -0.4 is 10.6 Å². The first-order chi connectivity index (χ1) is 17.9. The van der Waals surface area contributed by atoms with Gasteiger partial charge in [-0.25, -0.2) is 0 Å². The lowest BCUT2D eigenvalue weighted by Crippen LogP contribution is -2.56. The zero-order valence-electron chi connectivity index (χ0n) is 22.6. The highest BCUT2D eigenvalue weighted by molar-refractivity contribution is 9.10. The van der Waals surface area contributed by atoms with E-state index in [9.17, 15) is 9.59 Å². The second-order valence-electron chi connectivity index (χ2n) is 10.8. The molecule has 37 heavy (non-hydrogen) atoms. The Morgan fingerprint density at radius 1 is 1.05 bits per heavy atom. The Labute approximate surface area is 230 Å². The van der Waals surface area contributed by atoms with Gasteiger partial charge >= 0.3 is 0 Å². The molecule has 7 heteroatoms. The number of halogens is 1. The van der Waals surface area contributed by atoms with Crippen molar-refractivity contribution in [2.24, 2.45) is 11.8 Å². The summed E-state index contributed by atoms with van der Waals surface area (Å²) in [6.45, 7) is 7.76. The number of rotatable bonds is 8. The molecule has 4 rings (SSSR count). The predicted molar refractivity (Wildman–Crippen MR) is 155 cm³/mol. The molecular weight excluding hydrogens is 528 g/mol. The van der Waals surface area contributed by atoms with Crippen molar-refractivity contribution in [3.63, 3.8) is 0 Å². The molecule has 2 saturated heterocycles. The van der Waals surface area contributed by atoms with E-state index in [2.05, 4.69) is 51.4 Å². The molecule has 6 nitrogen and oxygen atoms in total. The number of nitrogens with zero attached hydrogens (tertiary/aromatic N) is 2. The van der Waals surface area contributed by atoms with Crippen LogP contribution in [-0.4, -0.2) is 67.0 Å². The van der Waals surface area contributed by atoms with Crippen molar-refractivity contribution < 1.29 is 9.59 Å². The molecule has 0 saturated carbocycles. The van der Waals surface area contributed by atoms with E-state index in [-0.39, 0.29) is 24.0 Å². The molecule has 0 spiro atoms. The molecule has 0 radical (unpaired) electrons. The average molecular weight is 572 g/mol. The number of benzene rings is 2. The van der Waals surface area contributed by atoms with Gasteiger partial charge in [0.1, 0.15) is 0 Å². The van der Waals surface area contributed by atoms with Crippen molar-refractivity contribution in [2.45, 2.75) is 71.0 Å². The highest BCUT2D eigenvalue weighted by Crippen LogP contribution is 2.27. The zero-order chi connectivity index (χ0) is 26.4. The lowest BCUT2D eigenvalue weighted by atomic mass is 9.84. The van der Waals surface area contributed by atoms with Gasteiger partial charge in [0.2, 0.25) is 5.91 Å². The van der Waals surface area contributed by atoms with Crippen LogP contribution in [0.4, 0.5) is 0 Å². The number of piperidine rings is 1. The third-order valence-corrected chi connectivity index (χ3v) is 8.91.